The molecule has 0 radical (unpaired) electrons. The van der Waals surface area contributed by atoms with Crippen LogP contribution in [0.4, 0.5) is 13.2 Å². The fourth-order valence-corrected chi connectivity index (χ4v) is 1.73. The summed E-state index contributed by atoms with van der Waals surface area (Å²) in [5.74, 6) is -4.63. The Balaban J connectivity index is 2.14. The van der Waals surface area contributed by atoms with E-state index in [0.29, 0.717) is 0 Å². The van der Waals surface area contributed by atoms with Crippen molar-refractivity contribution in [2.24, 2.45) is 5.92 Å². The molecule has 0 heterocycles. The molecule has 0 amide bonds. The van der Waals surface area contributed by atoms with Crippen LogP contribution in [-0.4, -0.2) is 11.7 Å². The highest BCUT2D eigenvalue weighted by atomic mass is 19.3. The molecule has 0 aromatic heterocycles. The maximum atomic E-state index is 13.1. The predicted molar refractivity (Wildman–Crippen MR) is 48.4 cm³/mol. The van der Waals surface area contributed by atoms with E-state index in [4.69, 9.17) is 0 Å². The molecule has 1 nitrogen and oxygen atoms in total. The Bertz CT molecular complexity index is 393. The molecule has 1 fully saturated rings. The molecular weight excluding hydrogens is 205 g/mol. The lowest BCUT2D eigenvalue weighted by atomic mass is 9.76. The van der Waals surface area contributed by atoms with Gasteiger partial charge in [0.15, 0.2) is 5.78 Å². The third-order valence-electron chi connectivity index (χ3n) is 2.60. The maximum Gasteiger partial charge on any atom is 0.249 e. The fourth-order valence-electron chi connectivity index (χ4n) is 1.73. The van der Waals surface area contributed by atoms with E-state index in [1.54, 1.807) is 0 Å². The number of benzene rings is 1. The molecule has 80 valence electrons. The lowest BCUT2D eigenvalue weighted by molar-refractivity contribution is -0.0982. The SMILES string of the molecule is O=C(c1ccccc1F)C1CC(F)(F)C1. The van der Waals surface area contributed by atoms with Crippen molar-refractivity contribution in [3.05, 3.63) is 35.6 Å². The Morgan fingerprint density at radius 1 is 1.27 bits per heavy atom. The van der Waals surface area contributed by atoms with Crippen LogP contribution in [-0.2, 0) is 0 Å². The summed E-state index contributed by atoms with van der Waals surface area (Å²) in [6, 6.07) is 5.47. The summed E-state index contributed by atoms with van der Waals surface area (Å²) < 4.78 is 38.2. The van der Waals surface area contributed by atoms with Crippen LogP contribution in [0.3, 0.4) is 0 Å². The summed E-state index contributed by atoms with van der Waals surface area (Å²) in [5.41, 5.74) is -0.0852. The molecule has 1 saturated carbocycles. The van der Waals surface area contributed by atoms with Crippen LogP contribution >= 0.6 is 0 Å². The highest BCUT2D eigenvalue weighted by Crippen LogP contribution is 2.43. The predicted octanol–water partition coefficient (Wildman–Crippen LogP) is 3.05. The quantitative estimate of drug-likeness (QED) is 0.691. The highest BCUT2D eigenvalue weighted by Gasteiger charge is 2.48. The number of alkyl halides is 2. The first kappa shape index (κ1) is 10.2. The summed E-state index contributed by atoms with van der Waals surface area (Å²) in [4.78, 5) is 11.6. The van der Waals surface area contributed by atoms with Crippen LogP contribution in [0.15, 0.2) is 24.3 Å². The molecule has 4 heteroatoms. The minimum absolute atomic E-state index is 0.0852. The second-order valence-corrected chi connectivity index (χ2v) is 3.81. The molecule has 1 aromatic rings. The van der Waals surface area contributed by atoms with E-state index in [9.17, 15) is 18.0 Å². The summed E-state index contributed by atoms with van der Waals surface area (Å²) in [5, 5.41) is 0. The average Bonchev–Trinajstić information content (AvgIpc) is 2.14. The standard InChI is InChI=1S/C11H9F3O/c12-9-4-2-1-3-8(9)10(15)7-5-11(13,14)6-7/h1-4,7H,5-6H2. The number of hydrogen-bond donors (Lipinski definition) is 0. The van der Waals surface area contributed by atoms with E-state index in [2.05, 4.69) is 0 Å². The van der Waals surface area contributed by atoms with Gasteiger partial charge in [0.25, 0.3) is 0 Å². The average molecular weight is 214 g/mol. The molecule has 1 aliphatic carbocycles. The van der Waals surface area contributed by atoms with Gasteiger partial charge in [0.1, 0.15) is 5.82 Å². The van der Waals surface area contributed by atoms with Crippen molar-refractivity contribution in [1.29, 1.82) is 0 Å². The summed E-state index contributed by atoms with van der Waals surface area (Å²) >= 11 is 0. The Kier molecular flexibility index (Phi) is 2.29. The molecule has 0 aliphatic heterocycles. The van der Waals surface area contributed by atoms with Crippen LogP contribution in [0.2, 0.25) is 0 Å². The highest BCUT2D eigenvalue weighted by molar-refractivity contribution is 5.98. The van der Waals surface area contributed by atoms with Crippen LogP contribution in [0.1, 0.15) is 23.2 Å². The van der Waals surface area contributed by atoms with E-state index < -0.39 is 36.3 Å². The summed E-state index contributed by atoms with van der Waals surface area (Å²) in [6.45, 7) is 0. The molecule has 0 bridgehead atoms. The van der Waals surface area contributed by atoms with Crippen LogP contribution in [0.25, 0.3) is 0 Å². The van der Waals surface area contributed by atoms with Crippen LogP contribution < -0.4 is 0 Å². The first-order chi connectivity index (χ1) is 6.99. The molecule has 1 aliphatic rings. The Labute approximate surface area is 84.9 Å². The van der Waals surface area contributed by atoms with Crippen LogP contribution in [0.5, 0.6) is 0 Å². The van der Waals surface area contributed by atoms with E-state index in [-0.39, 0.29) is 5.56 Å². The molecule has 1 aromatic carbocycles. The second kappa shape index (κ2) is 3.36. The van der Waals surface area contributed by atoms with Crippen molar-refractivity contribution >= 4 is 5.78 Å². The molecule has 0 spiro atoms. The van der Waals surface area contributed by atoms with Gasteiger partial charge in [-0.3, -0.25) is 4.79 Å². The van der Waals surface area contributed by atoms with Gasteiger partial charge in [0.2, 0.25) is 5.92 Å². The summed E-state index contributed by atoms with van der Waals surface area (Å²) in [7, 11) is 0. The van der Waals surface area contributed by atoms with Crippen LogP contribution in [0, 0.1) is 11.7 Å². The molecular formula is C11H9F3O. The van der Waals surface area contributed by atoms with Gasteiger partial charge >= 0.3 is 0 Å². The fraction of sp³-hybridized carbons (Fsp3) is 0.364. The van der Waals surface area contributed by atoms with E-state index in [1.807, 2.05) is 0 Å². The van der Waals surface area contributed by atoms with Crippen molar-refractivity contribution < 1.29 is 18.0 Å². The first-order valence-electron chi connectivity index (χ1n) is 4.66. The molecule has 2 rings (SSSR count). The van der Waals surface area contributed by atoms with Gasteiger partial charge in [-0.05, 0) is 12.1 Å². The van der Waals surface area contributed by atoms with Crippen molar-refractivity contribution in [3.8, 4) is 0 Å². The Hall–Kier alpha value is -1.32. The van der Waals surface area contributed by atoms with Gasteiger partial charge in [-0.1, -0.05) is 12.1 Å². The van der Waals surface area contributed by atoms with Crippen molar-refractivity contribution in [3.63, 3.8) is 0 Å². The second-order valence-electron chi connectivity index (χ2n) is 3.81. The lowest BCUT2D eigenvalue weighted by Crippen LogP contribution is -2.40. The number of Topliss-reactive ketones (excluding diaryl/α,β-unsaturated/α-hetero) is 1. The molecule has 15 heavy (non-hydrogen) atoms. The van der Waals surface area contributed by atoms with E-state index >= 15 is 0 Å². The zero-order valence-corrected chi connectivity index (χ0v) is 7.84. The maximum absolute atomic E-state index is 13.1. The summed E-state index contributed by atoms with van der Waals surface area (Å²) in [6.07, 6.45) is -0.916. The topological polar surface area (TPSA) is 17.1 Å². The third kappa shape index (κ3) is 1.89. The van der Waals surface area contributed by atoms with Gasteiger partial charge in [-0.2, -0.15) is 0 Å². The van der Waals surface area contributed by atoms with Gasteiger partial charge in [0.05, 0.1) is 5.56 Å². The number of rotatable bonds is 2. The number of halogens is 3. The Morgan fingerprint density at radius 3 is 2.40 bits per heavy atom. The number of ketones is 1. The minimum atomic E-state index is -2.74. The van der Waals surface area contributed by atoms with E-state index in [1.165, 1.54) is 18.2 Å². The van der Waals surface area contributed by atoms with Crippen molar-refractivity contribution in [2.45, 2.75) is 18.8 Å². The number of hydrogen-bond acceptors (Lipinski definition) is 1. The normalized spacial score (nSPS) is 19.7. The zero-order valence-electron chi connectivity index (χ0n) is 7.84. The van der Waals surface area contributed by atoms with Gasteiger partial charge in [0, 0.05) is 18.8 Å². The monoisotopic (exact) mass is 214 g/mol. The van der Waals surface area contributed by atoms with Gasteiger partial charge in [-0.15, -0.1) is 0 Å². The molecule has 0 atom stereocenters. The smallest absolute Gasteiger partial charge is 0.249 e. The third-order valence-corrected chi connectivity index (χ3v) is 2.60. The van der Waals surface area contributed by atoms with E-state index in [0.717, 1.165) is 6.07 Å². The number of carbonyl (C=O) groups is 1. The zero-order chi connectivity index (χ0) is 11.1. The Morgan fingerprint density at radius 2 is 1.87 bits per heavy atom. The molecule has 0 unspecified atom stereocenters. The number of carbonyl (C=O) groups excluding carboxylic acids is 1. The largest absolute Gasteiger partial charge is 0.294 e. The molecule has 0 saturated heterocycles. The minimum Gasteiger partial charge on any atom is -0.294 e. The van der Waals surface area contributed by atoms with Gasteiger partial charge in [-0.25, -0.2) is 13.2 Å². The molecule has 0 N–H and O–H groups in total. The van der Waals surface area contributed by atoms with Crippen molar-refractivity contribution in [1.82, 2.24) is 0 Å². The lowest BCUT2D eigenvalue weighted by Gasteiger charge is -2.33. The first-order valence-corrected chi connectivity index (χ1v) is 4.66. The van der Waals surface area contributed by atoms with Gasteiger partial charge < -0.3 is 0 Å². The van der Waals surface area contributed by atoms with Crippen molar-refractivity contribution in [2.75, 3.05) is 0 Å².